The molecule has 1 aromatic heterocycles. The number of benzene rings is 1. The van der Waals surface area contributed by atoms with E-state index in [2.05, 4.69) is 4.98 Å². The fourth-order valence-electron chi connectivity index (χ4n) is 2.57. The van der Waals surface area contributed by atoms with E-state index in [-0.39, 0.29) is 13.0 Å². The van der Waals surface area contributed by atoms with E-state index in [0.29, 0.717) is 11.1 Å². The van der Waals surface area contributed by atoms with Crippen LogP contribution in [0.1, 0.15) is 12.6 Å². The van der Waals surface area contributed by atoms with Crippen molar-refractivity contribution in [3.8, 4) is 11.1 Å². The SMILES string of the molecule is O=c1[nH]c(=O)n([C@@H]2CC(O)[C@H](CO)O2)cc1-c1ccccc1. The lowest BCUT2D eigenvalue weighted by molar-refractivity contribution is -0.0458. The number of hydrogen-bond acceptors (Lipinski definition) is 5. The second kappa shape index (κ2) is 5.88. The first-order valence-corrected chi connectivity index (χ1v) is 6.95. The smallest absolute Gasteiger partial charge is 0.330 e. The minimum Gasteiger partial charge on any atom is -0.394 e. The molecule has 0 saturated carbocycles. The molecule has 116 valence electrons. The van der Waals surface area contributed by atoms with E-state index in [1.165, 1.54) is 10.8 Å². The summed E-state index contributed by atoms with van der Waals surface area (Å²) in [5.41, 5.74) is -0.0781. The standard InChI is InChI=1S/C15H16N2O5/c18-8-12-11(19)6-13(22-12)17-7-10(14(20)16-15(17)21)9-4-2-1-3-5-9/h1-5,7,11-13,18-19H,6,8H2,(H,16,20,21)/t11?,12-,13-/m0/s1. The van der Waals surface area contributed by atoms with Crippen LogP contribution in [0.15, 0.2) is 46.1 Å². The normalized spacial score (nSPS) is 24.5. The Labute approximate surface area is 125 Å². The Hall–Kier alpha value is -2.22. The van der Waals surface area contributed by atoms with E-state index in [9.17, 15) is 14.7 Å². The maximum atomic E-state index is 12.0. The number of aliphatic hydroxyl groups is 2. The van der Waals surface area contributed by atoms with Gasteiger partial charge in [-0.2, -0.15) is 0 Å². The van der Waals surface area contributed by atoms with Gasteiger partial charge in [-0.25, -0.2) is 4.79 Å². The summed E-state index contributed by atoms with van der Waals surface area (Å²) in [7, 11) is 0. The molecule has 7 nitrogen and oxygen atoms in total. The van der Waals surface area contributed by atoms with Crippen molar-refractivity contribution >= 4 is 0 Å². The van der Waals surface area contributed by atoms with Gasteiger partial charge in [-0.15, -0.1) is 0 Å². The third-order valence-corrected chi connectivity index (χ3v) is 3.75. The molecule has 0 amide bonds. The van der Waals surface area contributed by atoms with Crippen molar-refractivity contribution in [3.63, 3.8) is 0 Å². The molecule has 1 aliphatic rings. The Morgan fingerprint density at radius 2 is 2.00 bits per heavy atom. The van der Waals surface area contributed by atoms with Crippen LogP contribution in [0.3, 0.4) is 0 Å². The van der Waals surface area contributed by atoms with Crippen LogP contribution >= 0.6 is 0 Å². The van der Waals surface area contributed by atoms with Crippen LogP contribution in [-0.4, -0.2) is 38.6 Å². The van der Waals surface area contributed by atoms with Gasteiger partial charge in [0, 0.05) is 12.6 Å². The minimum absolute atomic E-state index is 0.172. The number of aliphatic hydroxyl groups excluding tert-OH is 2. The minimum atomic E-state index is -0.853. The number of aromatic amines is 1. The molecule has 1 saturated heterocycles. The highest BCUT2D eigenvalue weighted by Gasteiger charge is 2.35. The molecule has 7 heteroatoms. The van der Waals surface area contributed by atoms with Gasteiger partial charge < -0.3 is 14.9 Å². The Balaban J connectivity index is 2.03. The fourth-order valence-corrected chi connectivity index (χ4v) is 2.57. The molecule has 1 unspecified atom stereocenters. The Kier molecular flexibility index (Phi) is 3.93. The van der Waals surface area contributed by atoms with Crippen molar-refractivity contribution in [3.05, 3.63) is 57.4 Å². The monoisotopic (exact) mass is 304 g/mol. The summed E-state index contributed by atoms with van der Waals surface area (Å²) in [5, 5.41) is 18.9. The second-order valence-corrected chi connectivity index (χ2v) is 5.19. The highest BCUT2D eigenvalue weighted by atomic mass is 16.5. The molecule has 3 N–H and O–H groups in total. The van der Waals surface area contributed by atoms with Crippen LogP contribution in [0.2, 0.25) is 0 Å². The van der Waals surface area contributed by atoms with Crippen LogP contribution in [0, 0.1) is 0 Å². The van der Waals surface area contributed by atoms with E-state index in [4.69, 9.17) is 9.84 Å². The van der Waals surface area contributed by atoms with Crippen molar-refractivity contribution in [1.29, 1.82) is 0 Å². The molecule has 0 aliphatic carbocycles. The largest absolute Gasteiger partial charge is 0.394 e. The predicted molar refractivity (Wildman–Crippen MR) is 78.4 cm³/mol. The Morgan fingerprint density at radius 3 is 2.64 bits per heavy atom. The van der Waals surface area contributed by atoms with Crippen LogP contribution < -0.4 is 11.2 Å². The zero-order valence-electron chi connectivity index (χ0n) is 11.7. The van der Waals surface area contributed by atoms with Crippen molar-refractivity contribution in [1.82, 2.24) is 9.55 Å². The molecular formula is C15H16N2O5. The van der Waals surface area contributed by atoms with E-state index in [0.717, 1.165) is 0 Å². The zero-order valence-corrected chi connectivity index (χ0v) is 11.7. The summed E-state index contributed by atoms with van der Waals surface area (Å²) in [6.45, 7) is -0.332. The summed E-state index contributed by atoms with van der Waals surface area (Å²) in [4.78, 5) is 26.2. The number of nitrogens with zero attached hydrogens (tertiary/aromatic N) is 1. The third kappa shape index (κ3) is 2.61. The number of H-pyrrole nitrogens is 1. The number of rotatable bonds is 3. The predicted octanol–water partition coefficient (Wildman–Crippen LogP) is -0.156. The molecule has 0 radical (unpaired) electrons. The molecule has 0 spiro atoms. The molecule has 2 aromatic rings. The quantitative estimate of drug-likeness (QED) is 0.731. The summed E-state index contributed by atoms with van der Waals surface area (Å²) in [6.07, 6.45) is -0.712. The maximum absolute atomic E-state index is 12.0. The van der Waals surface area contributed by atoms with Gasteiger partial charge in [-0.3, -0.25) is 14.3 Å². The molecule has 1 aromatic carbocycles. The van der Waals surface area contributed by atoms with Gasteiger partial charge in [-0.1, -0.05) is 30.3 Å². The molecule has 3 atom stereocenters. The van der Waals surface area contributed by atoms with Crippen molar-refractivity contribution in [2.45, 2.75) is 24.9 Å². The van der Waals surface area contributed by atoms with Crippen molar-refractivity contribution in [2.24, 2.45) is 0 Å². The molecule has 22 heavy (non-hydrogen) atoms. The van der Waals surface area contributed by atoms with Crippen LogP contribution in [-0.2, 0) is 4.74 Å². The van der Waals surface area contributed by atoms with Crippen LogP contribution in [0.25, 0.3) is 11.1 Å². The van der Waals surface area contributed by atoms with Crippen LogP contribution in [0.5, 0.6) is 0 Å². The first kappa shape index (κ1) is 14.7. The number of hydrogen-bond donors (Lipinski definition) is 3. The number of nitrogens with one attached hydrogen (secondary N) is 1. The van der Waals surface area contributed by atoms with Gasteiger partial charge in [0.15, 0.2) is 0 Å². The topological polar surface area (TPSA) is 105 Å². The summed E-state index contributed by atoms with van der Waals surface area (Å²) in [5.74, 6) is 0. The van der Waals surface area contributed by atoms with E-state index in [1.807, 2.05) is 6.07 Å². The van der Waals surface area contributed by atoms with E-state index in [1.54, 1.807) is 24.3 Å². The third-order valence-electron chi connectivity index (χ3n) is 3.75. The van der Waals surface area contributed by atoms with Gasteiger partial charge in [0.25, 0.3) is 5.56 Å². The van der Waals surface area contributed by atoms with Crippen molar-refractivity contribution in [2.75, 3.05) is 6.61 Å². The highest BCUT2D eigenvalue weighted by Crippen LogP contribution is 2.27. The first-order chi connectivity index (χ1) is 10.6. The zero-order chi connectivity index (χ0) is 15.7. The van der Waals surface area contributed by atoms with Gasteiger partial charge in [0.05, 0.1) is 18.3 Å². The maximum Gasteiger partial charge on any atom is 0.330 e. The van der Waals surface area contributed by atoms with Gasteiger partial charge in [-0.05, 0) is 5.56 Å². The molecule has 1 fully saturated rings. The number of ether oxygens (including phenoxy) is 1. The van der Waals surface area contributed by atoms with Gasteiger partial charge in [0.1, 0.15) is 12.3 Å². The van der Waals surface area contributed by atoms with E-state index >= 15 is 0 Å². The lowest BCUT2D eigenvalue weighted by Crippen LogP contribution is -2.33. The van der Waals surface area contributed by atoms with Gasteiger partial charge in [0.2, 0.25) is 0 Å². The molecule has 3 rings (SSSR count). The average molecular weight is 304 g/mol. The Morgan fingerprint density at radius 1 is 1.27 bits per heavy atom. The lowest BCUT2D eigenvalue weighted by Gasteiger charge is -2.15. The molecule has 2 heterocycles. The average Bonchev–Trinajstić information content (AvgIpc) is 2.89. The summed E-state index contributed by atoms with van der Waals surface area (Å²) in [6, 6.07) is 8.94. The summed E-state index contributed by atoms with van der Waals surface area (Å²) < 4.78 is 6.70. The number of aromatic nitrogens is 2. The highest BCUT2D eigenvalue weighted by molar-refractivity contribution is 5.60. The summed E-state index contributed by atoms with van der Waals surface area (Å²) >= 11 is 0. The molecular weight excluding hydrogens is 288 g/mol. The van der Waals surface area contributed by atoms with Crippen molar-refractivity contribution < 1.29 is 14.9 Å². The van der Waals surface area contributed by atoms with E-state index < -0.39 is 29.7 Å². The van der Waals surface area contributed by atoms with Gasteiger partial charge >= 0.3 is 5.69 Å². The molecule has 1 aliphatic heterocycles. The fraction of sp³-hybridized carbons (Fsp3) is 0.333. The Bertz CT molecular complexity index is 767. The lowest BCUT2D eigenvalue weighted by atomic mass is 10.1. The molecule has 0 bridgehead atoms. The first-order valence-electron chi connectivity index (χ1n) is 6.95. The van der Waals surface area contributed by atoms with Crippen LogP contribution in [0.4, 0.5) is 0 Å². The second-order valence-electron chi connectivity index (χ2n) is 5.19.